The summed E-state index contributed by atoms with van der Waals surface area (Å²) in [6.07, 6.45) is 0.0942. The van der Waals surface area contributed by atoms with E-state index in [0.717, 1.165) is 6.07 Å². The third-order valence-corrected chi connectivity index (χ3v) is 6.62. The number of benzene rings is 2. The van der Waals surface area contributed by atoms with E-state index in [1.807, 2.05) is 13.8 Å². The number of carboxylic acid groups (broad SMARTS) is 1. The van der Waals surface area contributed by atoms with Crippen LogP contribution in [0.5, 0.6) is 5.75 Å². The summed E-state index contributed by atoms with van der Waals surface area (Å²) in [7, 11) is 0. The molecule has 0 atom stereocenters. The number of aromatic hydroxyl groups is 1. The maximum absolute atomic E-state index is 14.5. The van der Waals surface area contributed by atoms with Crippen LogP contribution in [0.2, 0.25) is 0 Å². The first-order valence-electron chi connectivity index (χ1n) is 10.1. The second-order valence-corrected chi connectivity index (χ2v) is 9.45. The van der Waals surface area contributed by atoms with Crippen molar-refractivity contribution in [3.8, 4) is 27.9 Å². The summed E-state index contributed by atoms with van der Waals surface area (Å²) in [6, 6.07) is 10.4. The minimum Gasteiger partial charge on any atom is -0.507 e. The van der Waals surface area contributed by atoms with E-state index in [2.05, 4.69) is 6.07 Å². The minimum absolute atomic E-state index is 0.0826. The Balaban J connectivity index is 2.23. The molecule has 2 aromatic heterocycles. The lowest BCUT2D eigenvalue weighted by Crippen LogP contribution is -2.21. The van der Waals surface area contributed by atoms with Crippen molar-refractivity contribution in [1.82, 2.24) is 4.57 Å². The number of fused-ring (bicyclic) bond motifs is 1. The quantitative estimate of drug-likeness (QED) is 0.350. The number of halogens is 2. The molecule has 8 heteroatoms. The highest BCUT2D eigenvalue weighted by atomic mass is 32.1. The Morgan fingerprint density at radius 2 is 1.94 bits per heavy atom. The Bertz CT molecular complexity index is 1460. The fourth-order valence-electron chi connectivity index (χ4n) is 4.14. The molecule has 0 spiro atoms. The average Bonchev–Trinajstić information content (AvgIpc) is 3.33. The SMILES string of the molecule is Cc1cc(-n2c(C(C)(C)CC#N)c(-c3cc(C(=O)O)cs3)c3c(O)cc(F)cc32)ccc1F. The van der Waals surface area contributed by atoms with Crippen molar-refractivity contribution in [2.24, 2.45) is 0 Å². The van der Waals surface area contributed by atoms with Crippen LogP contribution in [0, 0.1) is 29.9 Å². The highest BCUT2D eigenvalue weighted by Gasteiger charge is 2.34. The topological polar surface area (TPSA) is 86.2 Å². The van der Waals surface area contributed by atoms with Crippen LogP contribution in [0.15, 0.2) is 41.8 Å². The molecule has 0 bridgehead atoms. The lowest BCUT2D eigenvalue weighted by atomic mass is 9.83. The monoisotopic (exact) mass is 466 g/mol. The third-order valence-electron chi connectivity index (χ3n) is 5.67. The molecule has 0 saturated heterocycles. The molecule has 2 N–H and O–H groups in total. The lowest BCUT2D eigenvalue weighted by Gasteiger charge is -2.26. The predicted molar refractivity (Wildman–Crippen MR) is 123 cm³/mol. The number of aromatic carboxylic acids is 1. The number of aromatic nitrogens is 1. The zero-order valence-electron chi connectivity index (χ0n) is 18.1. The Morgan fingerprint density at radius 3 is 2.55 bits per heavy atom. The van der Waals surface area contributed by atoms with Gasteiger partial charge in [-0.3, -0.25) is 0 Å². The first-order chi connectivity index (χ1) is 15.5. The Morgan fingerprint density at radius 1 is 1.21 bits per heavy atom. The van der Waals surface area contributed by atoms with Crippen molar-refractivity contribution in [1.29, 1.82) is 5.26 Å². The molecular formula is C25H20F2N2O3S. The Labute approximate surface area is 192 Å². The van der Waals surface area contributed by atoms with Gasteiger partial charge < -0.3 is 14.8 Å². The zero-order chi connectivity index (χ0) is 24.1. The number of rotatable bonds is 5. The van der Waals surface area contributed by atoms with Gasteiger partial charge in [0.05, 0.1) is 22.5 Å². The van der Waals surface area contributed by atoms with Gasteiger partial charge in [-0.2, -0.15) is 5.26 Å². The van der Waals surface area contributed by atoms with Gasteiger partial charge in [-0.15, -0.1) is 11.3 Å². The van der Waals surface area contributed by atoms with Gasteiger partial charge in [-0.1, -0.05) is 13.8 Å². The van der Waals surface area contributed by atoms with Gasteiger partial charge in [0.2, 0.25) is 0 Å². The van der Waals surface area contributed by atoms with Gasteiger partial charge >= 0.3 is 5.97 Å². The van der Waals surface area contributed by atoms with Gasteiger partial charge in [0.1, 0.15) is 17.4 Å². The number of hydrogen-bond donors (Lipinski definition) is 2. The number of carboxylic acids is 1. The van der Waals surface area contributed by atoms with Gasteiger partial charge in [0.15, 0.2) is 0 Å². The van der Waals surface area contributed by atoms with E-state index in [4.69, 9.17) is 0 Å². The molecule has 0 aliphatic heterocycles. The van der Waals surface area contributed by atoms with Crippen molar-refractivity contribution in [2.75, 3.05) is 0 Å². The van der Waals surface area contributed by atoms with Gasteiger partial charge in [-0.25, -0.2) is 13.6 Å². The van der Waals surface area contributed by atoms with Crippen molar-refractivity contribution >= 4 is 28.2 Å². The summed E-state index contributed by atoms with van der Waals surface area (Å²) in [4.78, 5) is 12.1. The number of carbonyl (C=O) groups is 1. The zero-order valence-corrected chi connectivity index (χ0v) is 18.9. The molecule has 0 unspecified atom stereocenters. The summed E-state index contributed by atoms with van der Waals surface area (Å²) in [5.41, 5.74) is 1.64. The molecule has 2 heterocycles. The summed E-state index contributed by atoms with van der Waals surface area (Å²) in [6.45, 7) is 5.31. The van der Waals surface area contributed by atoms with Crippen molar-refractivity contribution in [3.05, 3.63) is 70.2 Å². The number of phenolic OH excluding ortho intramolecular Hbond substituents is 1. The summed E-state index contributed by atoms with van der Waals surface area (Å²) in [5.74, 6) is -2.46. The van der Waals surface area contributed by atoms with Crippen LogP contribution in [0.1, 0.15) is 41.9 Å². The summed E-state index contributed by atoms with van der Waals surface area (Å²) >= 11 is 1.18. The molecule has 0 amide bonds. The normalized spacial score (nSPS) is 11.6. The van der Waals surface area contributed by atoms with E-state index in [-0.39, 0.29) is 17.7 Å². The first kappa shape index (κ1) is 22.5. The van der Waals surface area contributed by atoms with E-state index in [1.165, 1.54) is 34.9 Å². The molecule has 0 saturated carbocycles. The van der Waals surface area contributed by atoms with Crippen molar-refractivity contribution in [2.45, 2.75) is 32.6 Å². The molecule has 0 aliphatic rings. The molecule has 2 aromatic carbocycles. The number of hydrogen-bond acceptors (Lipinski definition) is 4. The molecule has 33 heavy (non-hydrogen) atoms. The molecule has 4 aromatic rings. The summed E-state index contributed by atoms with van der Waals surface area (Å²) in [5, 5.41) is 31.6. The Hall–Kier alpha value is -3.70. The van der Waals surface area contributed by atoms with Gasteiger partial charge in [0, 0.05) is 45.1 Å². The highest BCUT2D eigenvalue weighted by Crippen LogP contribution is 2.48. The fourth-order valence-corrected chi connectivity index (χ4v) is 5.07. The Kier molecular flexibility index (Phi) is 5.46. The van der Waals surface area contributed by atoms with E-state index in [1.54, 1.807) is 23.6 Å². The molecular weight excluding hydrogens is 446 g/mol. The predicted octanol–water partition coefficient (Wildman–Crippen LogP) is 6.54. The van der Waals surface area contributed by atoms with E-state index in [0.29, 0.717) is 38.3 Å². The average molecular weight is 467 g/mol. The van der Waals surface area contributed by atoms with Crippen LogP contribution in [0.25, 0.3) is 27.0 Å². The standard InChI is InChI=1S/C25H20F2N2O3S/c1-13-8-16(4-5-17(13)27)29-18-10-15(26)11-19(30)21(18)22(23(29)25(2,3)6-7-28)20-9-14(12-33-20)24(31)32/h4-5,8-12,30H,6H2,1-3H3,(H,31,32). The second kappa shape index (κ2) is 8.01. The largest absolute Gasteiger partial charge is 0.507 e. The van der Waals surface area contributed by atoms with Crippen LogP contribution in [0.3, 0.4) is 0 Å². The lowest BCUT2D eigenvalue weighted by molar-refractivity contribution is 0.0697. The summed E-state index contributed by atoms with van der Waals surface area (Å²) < 4.78 is 30.2. The molecule has 0 fully saturated rings. The molecule has 0 aliphatic carbocycles. The van der Waals surface area contributed by atoms with E-state index >= 15 is 0 Å². The van der Waals surface area contributed by atoms with Gasteiger partial charge in [0.25, 0.3) is 0 Å². The second-order valence-electron chi connectivity index (χ2n) is 8.54. The molecule has 5 nitrogen and oxygen atoms in total. The molecule has 168 valence electrons. The fraction of sp³-hybridized carbons (Fsp3) is 0.200. The highest BCUT2D eigenvalue weighted by molar-refractivity contribution is 7.14. The van der Waals surface area contributed by atoms with E-state index in [9.17, 15) is 29.1 Å². The first-order valence-corrected chi connectivity index (χ1v) is 11.0. The van der Waals surface area contributed by atoms with Crippen molar-refractivity contribution in [3.63, 3.8) is 0 Å². The number of aryl methyl sites for hydroxylation is 1. The van der Waals surface area contributed by atoms with Crippen LogP contribution in [-0.2, 0) is 5.41 Å². The number of thiophene rings is 1. The maximum Gasteiger partial charge on any atom is 0.336 e. The van der Waals surface area contributed by atoms with Crippen LogP contribution < -0.4 is 0 Å². The van der Waals surface area contributed by atoms with Crippen molar-refractivity contribution < 1.29 is 23.8 Å². The maximum atomic E-state index is 14.5. The number of phenols is 1. The number of nitrogens with zero attached hydrogens (tertiary/aromatic N) is 2. The van der Waals surface area contributed by atoms with Crippen LogP contribution in [0.4, 0.5) is 8.78 Å². The smallest absolute Gasteiger partial charge is 0.336 e. The number of nitriles is 1. The van der Waals surface area contributed by atoms with Crippen LogP contribution >= 0.6 is 11.3 Å². The molecule has 4 rings (SSSR count). The minimum atomic E-state index is -1.09. The molecule has 0 radical (unpaired) electrons. The van der Waals surface area contributed by atoms with E-state index < -0.39 is 23.0 Å². The third kappa shape index (κ3) is 3.74. The van der Waals surface area contributed by atoms with Crippen LogP contribution in [-0.4, -0.2) is 20.7 Å². The van der Waals surface area contributed by atoms with Gasteiger partial charge in [-0.05, 0) is 42.8 Å².